The average Bonchev–Trinajstić information content (AvgIpc) is 2.45. The maximum absolute atomic E-state index is 12.5. The Morgan fingerprint density at radius 1 is 1.12 bits per heavy atom. The van der Waals surface area contributed by atoms with Crippen molar-refractivity contribution in [2.75, 3.05) is 5.09 Å². The summed E-state index contributed by atoms with van der Waals surface area (Å²) in [5.74, 6) is -0.674. The molecule has 0 fully saturated rings. The van der Waals surface area contributed by atoms with Gasteiger partial charge in [-0.3, -0.25) is 9.88 Å². The smallest absolute Gasteiger partial charge is 0.427 e. The number of anilines is 1. The van der Waals surface area contributed by atoms with Crippen LogP contribution in [0.5, 0.6) is 11.5 Å². The van der Waals surface area contributed by atoms with Crippen molar-refractivity contribution in [3.05, 3.63) is 53.6 Å². The number of rotatable bonds is 6. The minimum atomic E-state index is -4.62. The van der Waals surface area contributed by atoms with Crippen molar-refractivity contribution in [3.8, 4) is 11.5 Å². The Labute approximate surface area is 138 Å². The summed E-state index contributed by atoms with van der Waals surface area (Å²) in [5.41, 5.74) is 0.714. The number of Topliss-reactive ketones (excluding diaryl/α,β-unsaturated/α-hetero) is 1. The first kappa shape index (κ1) is 18.0. The van der Waals surface area contributed by atoms with Crippen LogP contribution in [0.1, 0.15) is 35.2 Å². The van der Waals surface area contributed by atoms with Crippen LogP contribution in [0.2, 0.25) is 0 Å². The number of phenols is 2. The zero-order chi connectivity index (χ0) is 17.9. The van der Waals surface area contributed by atoms with Crippen LogP contribution in [0, 0.1) is 0 Å². The van der Waals surface area contributed by atoms with Gasteiger partial charge in [0.15, 0.2) is 5.78 Å². The largest absolute Gasteiger partial charge is 0.508 e. The van der Waals surface area contributed by atoms with Crippen molar-refractivity contribution >= 4 is 19.2 Å². The van der Waals surface area contributed by atoms with Gasteiger partial charge in [-0.15, -0.1) is 0 Å². The van der Waals surface area contributed by atoms with Crippen LogP contribution in [0.25, 0.3) is 0 Å². The molecular weight excluding hydrogens is 333 g/mol. The lowest BCUT2D eigenvalue weighted by Crippen LogP contribution is -2.08. The number of benzene rings is 2. The molecule has 0 amide bonds. The zero-order valence-corrected chi connectivity index (χ0v) is 13.8. The van der Waals surface area contributed by atoms with Crippen molar-refractivity contribution in [2.24, 2.45) is 0 Å². The molecule has 0 spiro atoms. The standard InChI is InChI=1S/C16H18NO6P/c1-10(11-3-2-4-12(18)8-11)7-16(20)14-6-5-13(19)9-15(14)17-24(21,22)23/h2-6,8-10,18-19H,7H2,1H3,(H3,17,21,22,23). The molecule has 2 rings (SSSR count). The number of phenolic OH excluding ortho intramolecular Hbond substituents is 2. The highest BCUT2D eigenvalue weighted by atomic mass is 31.2. The number of nitrogens with one attached hydrogen (secondary N) is 1. The third kappa shape index (κ3) is 4.83. The third-order valence-electron chi connectivity index (χ3n) is 3.50. The number of hydrogen-bond donors (Lipinski definition) is 5. The van der Waals surface area contributed by atoms with Crippen molar-refractivity contribution < 1.29 is 29.4 Å². The van der Waals surface area contributed by atoms with E-state index in [2.05, 4.69) is 0 Å². The molecule has 0 radical (unpaired) electrons. The Bertz CT molecular complexity index is 801. The topological polar surface area (TPSA) is 127 Å². The normalized spacial score (nSPS) is 12.6. The van der Waals surface area contributed by atoms with Crippen LogP contribution in [0.4, 0.5) is 5.69 Å². The van der Waals surface area contributed by atoms with Crippen molar-refractivity contribution in [1.29, 1.82) is 0 Å². The zero-order valence-electron chi connectivity index (χ0n) is 12.9. The lowest BCUT2D eigenvalue weighted by molar-refractivity contribution is 0.0976. The predicted octanol–water partition coefficient (Wildman–Crippen LogP) is 2.98. The second-order valence-electron chi connectivity index (χ2n) is 5.51. The van der Waals surface area contributed by atoms with E-state index in [0.717, 1.165) is 11.6 Å². The molecular formula is C16H18NO6P. The van der Waals surface area contributed by atoms with Gasteiger partial charge in [-0.05, 0) is 35.7 Å². The van der Waals surface area contributed by atoms with Gasteiger partial charge >= 0.3 is 7.75 Å². The Balaban J connectivity index is 2.25. The summed E-state index contributed by atoms with van der Waals surface area (Å²) in [5, 5.41) is 20.9. The second-order valence-corrected chi connectivity index (χ2v) is 6.82. The van der Waals surface area contributed by atoms with Crippen LogP contribution in [-0.2, 0) is 4.57 Å². The molecule has 1 unspecified atom stereocenters. The van der Waals surface area contributed by atoms with Gasteiger partial charge in [-0.1, -0.05) is 19.1 Å². The number of hydrogen-bond acceptors (Lipinski definition) is 4. The number of carbonyl (C=O) groups excluding carboxylic acids is 1. The molecule has 0 saturated heterocycles. The minimum Gasteiger partial charge on any atom is -0.508 e. The van der Waals surface area contributed by atoms with Gasteiger partial charge in [0.05, 0.1) is 5.69 Å². The van der Waals surface area contributed by atoms with Gasteiger partial charge in [0.1, 0.15) is 11.5 Å². The van der Waals surface area contributed by atoms with Gasteiger partial charge in [-0.2, -0.15) is 0 Å². The van der Waals surface area contributed by atoms with E-state index in [1.807, 2.05) is 12.0 Å². The molecule has 2 aromatic rings. The molecule has 0 bridgehead atoms. The van der Waals surface area contributed by atoms with Crippen LogP contribution in [-0.4, -0.2) is 25.8 Å². The lowest BCUT2D eigenvalue weighted by atomic mass is 9.92. The van der Waals surface area contributed by atoms with Gasteiger partial charge < -0.3 is 20.0 Å². The Morgan fingerprint density at radius 2 is 1.79 bits per heavy atom. The quantitative estimate of drug-likeness (QED) is 0.400. The summed E-state index contributed by atoms with van der Waals surface area (Å²) in [6, 6.07) is 10.2. The second kappa shape index (κ2) is 7.05. The molecule has 5 N–H and O–H groups in total. The summed E-state index contributed by atoms with van der Waals surface area (Å²) < 4.78 is 11.1. The van der Waals surface area contributed by atoms with E-state index in [4.69, 9.17) is 9.79 Å². The summed E-state index contributed by atoms with van der Waals surface area (Å²) >= 11 is 0. The van der Waals surface area contributed by atoms with E-state index in [9.17, 15) is 19.6 Å². The number of aromatic hydroxyl groups is 2. The summed E-state index contributed by atoms with van der Waals surface area (Å²) in [6.45, 7) is 1.81. The molecule has 128 valence electrons. The van der Waals surface area contributed by atoms with E-state index in [1.165, 1.54) is 18.2 Å². The molecule has 0 saturated carbocycles. The van der Waals surface area contributed by atoms with E-state index in [1.54, 1.807) is 18.2 Å². The van der Waals surface area contributed by atoms with E-state index in [-0.39, 0.29) is 40.9 Å². The molecule has 8 heteroatoms. The van der Waals surface area contributed by atoms with Crippen molar-refractivity contribution in [2.45, 2.75) is 19.3 Å². The SMILES string of the molecule is CC(CC(=O)c1ccc(O)cc1NP(=O)(O)O)c1cccc(O)c1. The molecule has 0 aromatic heterocycles. The van der Waals surface area contributed by atoms with E-state index in [0.29, 0.717) is 0 Å². The van der Waals surface area contributed by atoms with Gasteiger partial charge in [-0.25, -0.2) is 4.57 Å². The first-order chi connectivity index (χ1) is 11.2. The summed E-state index contributed by atoms with van der Waals surface area (Å²) in [7, 11) is -4.62. The molecule has 7 nitrogen and oxygen atoms in total. The maximum atomic E-state index is 12.5. The first-order valence-electron chi connectivity index (χ1n) is 7.14. The summed E-state index contributed by atoms with van der Waals surface area (Å²) in [6.07, 6.45) is 0.0735. The van der Waals surface area contributed by atoms with Gasteiger partial charge in [0.2, 0.25) is 0 Å². The van der Waals surface area contributed by atoms with Crippen LogP contribution >= 0.6 is 7.75 Å². The molecule has 0 heterocycles. The number of carbonyl (C=O) groups is 1. The first-order valence-corrected chi connectivity index (χ1v) is 8.76. The van der Waals surface area contributed by atoms with E-state index >= 15 is 0 Å². The highest BCUT2D eigenvalue weighted by Gasteiger charge is 2.21. The Hall–Kier alpha value is -2.34. The Kier molecular flexibility index (Phi) is 5.29. The average molecular weight is 351 g/mol. The maximum Gasteiger partial charge on any atom is 0.427 e. The van der Waals surface area contributed by atoms with Gasteiger partial charge in [0.25, 0.3) is 0 Å². The lowest BCUT2D eigenvalue weighted by Gasteiger charge is -2.15. The highest BCUT2D eigenvalue weighted by Crippen LogP contribution is 2.38. The van der Waals surface area contributed by atoms with E-state index < -0.39 is 7.75 Å². The fraction of sp³-hybridized carbons (Fsp3) is 0.188. The van der Waals surface area contributed by atoms with Crippen molar-refractivity contribution in [3.63, 3.8) is 0 Å². The number of ketones is 1. The highest BCUT2D eigenvalue weighted by molar-refractivity contribution is 7.53. The Morgan fingerprint density at radius 3 is 2.42 bits per heavy atom. The molecule has 1 atom stereocenters. The monoisotopic (exact) mass is 351 g/mol. The third-order valence-corrected chi connectivity index (χ3v) is 4.03. The van der Waals surface area contributed by atoms with Crippen LogP contribution in [0.3, 0.4) is 0 Å². The molecule has 0 aliphatic carbocycles. The summed E-state index contributed by atoms with van der Waals surface area (Å²) in [4.78, 5) is 30.6. The predicted molar refractivity (Wildman–Crippen MR) is 89.2 cm³/mol. The molecule has 0 aliphatic rings. The fourth-order valence-electron chi connectivity index (χ4n) is 2.36. The molecule has 24 heavy (non-hydrogen) atoms. The van der Waals surface area contributed by atoms with Crippen molar-refractivity contribution in [1.82, 2.24) is 0 Å². The molecule has 0 aliphatic heterocycles. The minimum absolute atomic E-state index is 0.0723. The van der Waals surface area contributed by atoms with Crippen LogP contribution < -0.4 is 5.09 Å². The fourth-order valence-corrected chi connectivity index (χ4v) is 2.86. The van der Waals surface area contributed by atoms with Crippen LogP contribution in [0.15, 0.2) is 42.5 Å². The van der Waals surface area contributed by atoms with Gasteiger partial charge in [0, 0.05) is 18.1 Å². The molecule has 2 aromatic carbocycles.